The predicted molar refractivity (Wildman–Crippen MR) is 136 cm³/mol. The summed E-state index contributed by atoms with van der Waals surface area (Å²) in [5, 5.41) is 19.7. The lowest BCUT2D eigenvalue weighted by Gasteiger charge is -2.34. The molecule has 0 bridgehead atoms. The molecule has 38 heavy (non-hydrogen) atoms. The number of morpholine rings is 1. The first-order chi connectivity index (χ1) is 18.3. The Hall–Kier alpha value is -3.48. The minimum absolute atomic E-state index is 0.0775. The second-order valence-electron chi connectivity index (χ2n) is 8.97. The van der Waals surface area contributed by atoms with E-state index in [0.717, 1.165) is 19.2 Å². The lowest BCUT2D eigenvalue weighted by Crippen LogP contribution is -2.48. The summed E-state index contributed by atoms with van der Waals surface area (Å²) in [6.45, 7) is 4.71. The lowest BCUT2D eigenvalue weighted by molar-refractivity contribution is 0.0317. The van der Waals surface area contributed by atoms with Gasteiger partial charge < -0.3 is 29.5 Å². The summed E-state index contributed by atoms with van der Waals surface area (Å²) in [7, 11) is 0. The zero-order chi connectivity index (χ0) is 26.8. The second kappa shape index (κ2) is 11.1. The van der Waals surface area contributed by atoms with Crippen molar-refractivity contribution in [3.05, 3.63) is 40.9 Å². The fourth-order valence-corrected chi connectivity index (χ4v) is 4.94. The number of piperazine rings is 1. The quantitative estimate of drug-likeness (QED) is 0.477. The van der Waals surface area contributed by atoms with Crippen molar-refractivity contribution < 1.29 is 33.3 Å². The molecule has 3 heterocycles. The number of phenolic OH excluding ortho intramolecular Hbond substituents is 1. The summed E-state index contributed by atoms with van der Waals surface area (Å²) >= 11 is 6.45. The van der Waals surface area contributed by atoms with Crippen molar-refractivity contribution in [1.82, 2.24) is 19.8 Å². The van der Waals surface area contributed by atoms with Crippen molar-refractivity contribution in [2.24, 2.45) is 0 Å². The third kappa shape index (κ3) is 5.24. The molecule has 5 rings (SSSR count). The molecule has 2 saturated heterocycles. The van der Waals surface area contributed by atoms with Crippen LogP contribution in [-0.2, 0) is 4.74 Å². The molecule has 2 aliphatic heterocycles. The van der Waals surface area contributed by atoms with Crippen molar-refractivity contribution in [3.63, 3.8) is 0 Å². The van der Waals surface area contributed by atoms with Crippen LogP contribution in [0.5, 0.6) is 11.8 Å². The molecule has 0 radical (unpaired) electrons. The zero-order valence-corrected chi connectivity index (χ0v) is 21.1. The normalized spacial score (nSPS) is 16.7. The molecule has 3 aromatic rings. The fourth-order valence-electron chi connectivity index (χ4n) is 4.66. The van der Waals surface area contributed by atoms with E-state index < -0.39 is 23.5 Å². The Balaban J connectivity index is 1.55. The van der Waals surface area contributed by atoms with E-state index in [9.17, 15) is 19.4 Å². The van der Waals surface area contributed by atoms with Gasteiger partial charge in [-0.15, -0.1) is 0 Å². The molecule has 1 amide bonds. The molecule has 0 saturated carbocycles. The maximum absolute atomic E-state index is 16.0. The second-order valence-corrected chi connectivity index (χ2v) is 9.37. The number of fused-ring (bicyclic) bond motifs is 1. The number of anilines is 1. The van der Waals surface area contributed by atoms with Crippen LogP contribution in [0.15, 0.2) is 24.3 Å². The van der Waals surface area contributed by atoms with Gasteiger partial charge in [-0.1, -0.05) is 17.7 Å². The molecule has 2 aromatic carbocycles. The monoisotopic (exact) mass is 549 g/mol. The smallest absolute Gasteiger partial charge is 0.407 e. The van der Waals surface area contributed by atoms with Gasteiger partial charge in [0.05, 0.1) is 23.8 Å². The van der Waals surface area contributed by atoms with E-state index in [1.807, 2.05) is 4.90 Å². The van der Waals surface area contributed by atoms with Gasteiger partial charge in [0.1, 0.15) is 29.5 Å². The van der Waals surface area contributed by atoms with Gasteiger partial charge in [-0.05, 0) is 18.2 Å². The predicted octanol–water partition coefficient (Wildman–Crippen LogP) is 3.45. The van der Waals surface area contributed by atoms with Gasteiger partial charge in [-0.2, -0.15) is 9.97 Å². The standard InChI is InChI=1S/C25H26ClF2N5O5/c26-16-14-15-22(21(28)19(16)20-17(27)2-1-3-18(20)34)29-24(38-13-10-31-8-11-37-12-9-31)30-23(15)32-4-6-33(7-5-32)25(35)36/h1-3,14,34H,4-13H2,(H,35,36). The molecule has 0 aliphatic carbocycles. The number of hydrogen-bond acceptors (Lipinski definition) is 8. The fraction of sp³-hybridized carbons (Fsp3) is 0.400. The number of ether oxygens (including phenoxy) is 2. The number of carboxylic acid groups (broad SMARTS) is 1. The van der Waals surface area contributed by atoms with Gasteiger partial charge in [0.15, 0.2) is 5.82 Å². The number of aromatic hydroxyl groups is 1. The summed E-state index contributed by atoms with van der Waals surface area (Å²) < 4.78 is 41.9. The van der Waals surface area contributed by atoms with Crippen molar-refractivity contribution in [2.45, 2.75) is 0 Å². The average molecular weight is 550 g/mol. The molecule has 13 heteroatoms. The van der Waals surface area contributed by atoms with E-state index >= 15 is 4.39 Å². The molecule has 0 atom stereocenters. The van der Waals surface area contributed by atoms with Crippen LogP contribution in [0.4, 0.5) is 19.4 Å². The van der Waals surface area contributed by atoms with E-state index in [4.69, 9.17) is 21.1 Å². The van der Waals surface area contributed by atoms with Crippen LogP contribution in [0.1, 0.15) is 0 Å². The molecule has 2 N–H and O–H groups in total. The molecular formula is C25H26ClF2N5O5. The highest BCUT2D eigenvalue weighted by molar-refractivity contribution is 6.34. The van der Waals surface area contributed by atoms with Crippen LogP contribution < -0.4 is 9.64 Å². The van der Waals surface area contributed by atoms with Crippen molar-refractivity contribution >= 4 is 34.4 Å². The van der Waals surface area contributed by atoms with Gasteiger partial charge in [0.25, 0.3) is 0 Å². The largest absolute Gasteiger partial charge is 0.507 e. The van der Waals surface area contributed by atoms with Gasteiger partial charge in [0.2, 0.25) is 0 Å². The third-order valence-corrected chi connectivity index (χ3v) is 6.97. The molecule has 0 spiro atoms. The van der Waals surface area contributed by atoms with Crippen LogP contribution in [-0.4, -0.2) is 102 Å². The summed E-state index contributed by atoms with van der Waals surface area (Å²) in [5.41, 5.74) is -0.851. The third-order valence-electron chi connectivity index (χ3n) is 6.68. The highest BCUT2D eigenvalue weighted by Gasteiger charge is 2.28. The number of halogens is 3. The van der Waals surface area contributed by atoms with Crippen molar-refractivity contribution in [1.29, 1.82) is 0 Å². The first-order valence-electron chi connectivity index (χ1n) is 12.2. The van der Waals surface area contributed by atoms with E-state index in [1.54, 1.807) is 0 Å². The first-order valence-corrected chi connectivity index (χ1v) is 12.5. The Labute approximate surface area is 222 Å². The van der Waals surface area contributed by atoms with Crippen LogP contribution in [0, 0.1) is 11.6 Å². The van der Waals surface area contributed by atoms with Crippen molar-refractivity contribution in [2.75, 3.05) is 70.5 Å². The Kier molecular flexibility index (Phi) is 7.63. The Morgan fingerprint density at radius 3 is 2.50 bits per heavy atom. The number of benzene rings is 2. The van der Waals surface area contributed by atoms with Crippen molar-refractivity contribution in [3.8, 4) is 22.9 Å². The van der Waals surface area contributed by atoms with Gasteiger partial charge in [-0.25, -0.2) is 13.6 Å². The Morgan fingerprint density at radius 1 is 1.08 bits per heavy atom. The van der Waals surface area contributed by atoms with Gasteiger partial charge >= 0.3 is 12.1 Å². The highest BCUT2D eigenvalue weighted by atomic mass is 35.5. The molecule has 1 aromatic heterocycles. The van der Waals surface area contributed by atoms with E-state index in [2.05, 4.69) is 14.9 Å². The maximum atomic E-state index is 16.0. The number of aromatic nitrogens is 2. The number of nitrogens with zero attached hydrogens (tertiary/aromatic N) is 5. The van der Waals surface area contributed by atoms with E-state index in [1.165, 1.54) is 23.1 Å². The van der Waals surface area contributed by atoms with Gasteiger partial charge in [-0.3, -0.25) is 4.90 Å². The Morgan fingerprint density at radius 2 is 1.82 bits per heavy atom. The topological polar surface area (TPSA) is 111 Å². The minimum Gasteiger partial charge on any atom is -0.507 e. The summed E-state index contributed by atoms with van der Waals surface area (Å²) in [6, 6.07) is 5.00. The van der Waals surface area contributed by atoms with Crippen LogP contribution in [0.3, 0.4) is 0 Å². The zero-order valence-electron chi connectivity index (χ0n) is 20.4. The number of amides is 1. The summed E-state index contributed by atoms with van der Waals surface area (Å²) in [5.74, 6) is -1.91. The SMILES string of the molecule is O=C(O)N1CCN(c2nc(OCCN3CCOCC3)nc3c(F)c(-c4c(O)cccc4F)c(Cl)cc23)CC1. The molecule has 2 aliphatic rings. The Bertz CT molecular complexity index is 1330. The average Bonchev–Trinajstić information content (AvgIpc) is 2.91. The summed E-state index contributed by atoms with van der Waals surface area (Å²) in [6.07, 6.45) is -1.02. The lowest BCUT2D eigenvalue weighted by atomic mass is 10.0. The molecule has 2 fully saturated rings. The molecule has 10 nitrogen and oxygen atoms in total. The minimum atomic E-state index is -1.02. The van der Waals surface area contributed by atoms with E-state index in [0.29, 0.717) is 38.7 Å². The van der Waals surface area contributed by atoms with Crippen LogP contribution in [0.2, 0.25) is 5.02 Å². The highest BCUT2D eigenvalue weighted by Crippen LogP contribution is 2.42. The maximum Gasteiger partial charge on any atom is 0.407 e. The van der Waals surface area contributed by atoms with E-state index in [-0.39, 0.29) is 52.8 Å². The summed E-state index contributed by atoms with van der Waals surface area (Å²) in [4.78, 5) is 25.5. The molecular weight excluding hydrogens is 524 g/mol. The number of rotatable bonds is 6. The number of hydrogen-bond donors (Lipinski definition) is 2. The van der Waals surface area contributed by atoms with Crippen LogP contribution >= 0.6 is 11.6 Å². The number of phenols is 1. The van der Waals surface area contributed by atoms with Crippen LogP contribution in [0.25, 0.3) is 22.0 Å². The molecule has 202 valence electrons. The molecule has 0 unspecified atom stereocenters. The first kappa shape index (κ1) is 26.1. The van der Waals surface area contributed by atoms with Gasteiger partial charge in [0, 0.05) is 56.8 Å². The number of carbonyl (C=O) groups is 1.